The predicted octanol–water partition coefficient (Wildman–Crippen LogP) is 1.68. The second kappa shape index (κ2) is 4.54. The van der Waals surface area contributed by atoms with Gasteiger partial charge < -0.3 is 19.1 Å². The van der Waals surface area contributed by atoms with Gasteiger partial charge in [-0.2, -0.15) is 0 Å². The zero-order valence-electron chi connectivity index (χ0n) is 14.2. The van der Waals surface area contributed by atoms with Crippen LogP contribution in [0.5, 0.6) is 11.5 Å². The Morgan fingerprint density at radius 1 is 1.29 bits per heavy atom. The highest BCUT2D eigenvalue weighted by atomic mass is 16.5. The molecule has 5 heteroatoms. The van der Waals surface area contributed by atoms with Gasteiger partial charge in [-0.05, 0) is 44.1 Å². The van der Waals surface area contributed by atoms with Crippen molar-refractivity contribution in [3.05, 3.63) is 35.1 Å². The highest BCUT2D eigenvalue weighted by molar-refractivity contribution is 6.01. The summed E-state index contributed by atoms with van der Waals surface area (Å²) in [6, 6.07) is 4.48. The van der Waals surface area contributed by atoms with E-state index in [0.29, 0.717) is 11.8 Å². The molecule has 4 aliphatic rings. The molecular formula is C19H21NO4. The molecule has 0 amide bonds. The van der Waals surface area contributed by atoms with Gasteiger partial charge in [0.2, 0.25) is 5.78 Å². The normalized spacial score (nSPS) is 35.9. The SMILES string of the molecule is COC1=C[C@@H]2[C@@H]3Cc4ccc(OC)c5c4[C@]2(CCN3C)[C@H](O5)C1=O. The molecule has 1 fully saturated rings. The van der Waals surface area contributed by atoms with Crippen molar-refractivity contribution in [2.24, 2.45) is 5.92 Å². The van der Waals surface area contributed by atoms with Gasteiger partial charge in [-0.25, -0.2) is 0 Å². The number of nitrogens with zero attached hydrogens (tertiary/aromatic N) is 1. The van der Waals surface area contributed by atoms with E-state index in [-0.39, 0.29) is 17.1 Å². The zero-order chi connectivity index (χ0) is 16.6. The van der Waals surface area contributed by atoms with E-state index in [4.69, 9.17) is 14.2 Å². The summed E-state index contributed by atoms with van der Waals surface area (Å²) in [6.45, 7) is 0.973. The van der Waals surface area contributed by atoms with Crippen molar-refractivity contribution < 1.29 is 19.0 Å². The number of hydrogen-bond donors (Lipinski definition) is 0. The largest absolute Gasteiger partial charge is 0.493 e. The summed E-state index contributed by atoms with van der Waals surface area (Å²) in [7, 11) is 5.40. The molecule has 1 saturated heterocycles. The standard InChI is InChI=1S/C19H21NO4/c1-20-7-6-19-11-9-14(23-3)16(21)18(19)24-17-13(22-2)5-4-10(15(17)19)8-12(11)20/h4-5,9,11-12,18H,6-8H2,1-3H3/t11-,12+,18-,19-/m1/s1. The molecule has 1 spiro atoms. The van der Waals surface area contributed by atoms with Crippen LogP contribution in [0.2, 0.25) is 0 Å². The van der Waals surface area contributed by atoms with Gasteiger partial charge in [-0.15, -0.1) is 0 Å². The Hall–Kier alpha value is -2.01. The Morgan fingerprint density at radius 3 is 2.88 bits per heavy atom. The molecule has 0 aromatic heterocycles. The molecular weight excluding hydrogens is 306 g/mol. The van der Waals surface area contributed by atoms with Crippen LogP contribution in [0.15, 0.2) is 24.0 Å². The summed E-state index contributed by atoms with van der Waals surface area (Å²) in [4.78, 5) is 15.4. The van der Waals surface area contributed by atoms with Crippen LogP contribution < -0.4 is 9.47 Å². The molecule has 126 valence electrons. The third kappa shape index (κ3) is 1.43. The summed E-state index contributed by atoms with van der Waals surface area (Å²) < 4.78 is 17.2. The average molecular weight is 327 g/mol. The molecule has 2 aliphatic heterocycles. The first-order valence-electron chi connectivity index (χ1n) is 8.49. The minimum absolute atomic E-state index is 0.0387. The van der Waals surface area contributed by atoms with Gasteiger partial charge in [0.05, 0.1) is 19.6 Å². The molecule has 0 radical (unpaired) electrons. The quantitative estimate of drug-likeness (QED) is 0.827. The summed E-state index contributed by atoms with van der Waals surface area (Å²) in [5.74, 6) is 2.13. The fourth-order valence-electron chi connectivity index (χ4n) is 5.42. The number of carbonyl (C=O) groups is 1. The lowest BCUT2D eigenvalue weighted by atomic mass is 9.53. The summed E-state index contributed by atoms with van der Waals surface area (Å²) in [5, 5.41) is 0. The van der Waals surface area contributed by atoms with Gasteiger partial charge in [0, 0.05) is 17.5 Å². The number of benzene rings is 1. The van der Waals surface area contributed by atoms with Crippen molar-refractivity contribution in [1.29, 1.82) is 0 Å². The van der Waals surface area contributed by atoms with Gasteiger partial charge in [0.15, 0.2) is 23.4 Å². The molecule has 5 nitrogen and oxygen atoms in total. The van der Waals surface area contributed by atoms with Gasteiger partial charge in [0.1, 0.15) is 0 Å². The van der Waals surface area contributed by atoms with E-state index in [0.717, 1.165) is 30.9 Å². The van der Waals surface area contributed by atoms with Crippen molar-refractivity contribution >= 4 is 5.78 Å². The monoisotopic (exact) mass is 327 g/mol. The van der Waals surface area contributed by atoms with Crippen molar-refractivity contribution in [2.45, 2.75) is 30.4 Å². The van der Waals surface area contributed by atoms with Crippen molar-refractivity contribution in [1.82, 2.24) is 4.90 Å². The number of hydrogen-bond acceptors (Lipinski definition) is 5. The first-order valence-corrected chi connectivity index (χ1v) is 8.49. The van der Waals surface area contributed by atoms with Crippen molar-refractivity contribution in [2.75, 3.05) is 27.8 Å². The number of Topliss-reactive ketones (excluding diaryl/α,β-unsaturated/α-hetero) is 1. The molecule has 4 atom stereocenters. The first kappa shape index (κ1) is 14.3. The number of piperidine rings is 1. The lowest BCUT2D eigenvalue weighted by molar-refractivity contribution is -0.132. The number of likely N-dealkylation sites (tertiary alicyclic amines) is 1. The number of ketones is 1. The molecule has 2 heterocycles. The maximum Gasteiger partial charge on any atom is 0.238 e. The molecule has 0 unspecified atom stereocenters. The Labute approximate surface area is 141 Å². The number of rotatable bonds is 2. The number of ether oxygens (including phenoxy) is 3. The second-order valence-corrected chi connectivity index (χ2v) is 7.30. The van der Waals surface area contributed by atoms with E-state index in [9.17, 15) is 4.79 Å². The molecule has 5 rings (SSSR count). The fraction of sp³-hybridized carbons (Fsp3) is 0.526. The van der Waals surface area contributed by atoms with Crippen LogP contribution in [0, 0.1) is 5.92 Å². The summed E-state index contributed by atoms with van der Waals surface area (Å²) in [5.41, 5.74) is 2.23. The Bertz CT molecular complexity index is 786. The smallest absolute Gasteiger partial charge is 0.238 e. The van der Waals surface area contributed by atoms with Gasteiger partial charge in [-0.1, -0.05) is 6.07 Å². The third-order valence-corrected chi connectivity index (χ3v) is 6.51. The highest BCUT2D eigenvalue weighted by Gasteiger charge is 2.66. The van der Waals surface area contributed by atoms with E-state index in [1.165, 1.54) is 11.1 Å². The molecule has 1 aromatic carbocycles. The Balaban J connectivity index is 1.82. The Morgan fingerprint density at radius 2 is 2.12 bits per heavy atom. The molecule has 1 aromatic rings. The average Bonchev–Trinajstić information content (AvgIpc) is 2.94. The van der Waals surface area contributed by atoms with Gasteiger partial charge in [0.25, 0.3) is 0 Å². The van der Waals surface area contributed by atoms with E-state index in [2.05, 4.69) is 24.1 Å². The second-order valence-electron chi connectivity index (χ2n) is 7.30. The minimum Gasteiger partial charge on any atom is -0.493 e. The fourth-order valence-corrected chi connectivity index (χ4v) is 5.42. The lowest BCUT2D eigenvalue weighted by Crippen LogP contribution is -2.64. The van der Waals surface area contributed by atoms with Crippen molar-refractivity contribution in [3.63, 3.8) is 0 Å². The molecule has 0 saturated carbocycles. The maximum absolute atomic E-state index is 13.0. The van der Waals surface area contributed by atoms with Crippen LogP contribution in [0.4, 0.5) is 0 Å². The van der Waals surface area contributed by atoms with Crippen LogP contribution >= 0.6 is 0 Å². The van der Waals surface area contributed by atoms with Crippen LogP contribution in [-0.4, -0.2) is 50.6 Å². The third-order valence-electron chi connectivity index (χ3n) is 6.51. The molecule has 24 heavy (non-hydrogen) atoms. The maximum atomic E-state index is 13.0. The number of likely N-dealkylation sites (N-methyl/N-ethyl adjacent to an activating group) is 1. The lowest BCUT2D eigenvalue weighted by Gasteiger charge is -2.55. The van der Waals surface area contributed by atoms with Crippen LogP contribution in [-0.2, 0) is 21.4 Å². The van der Waals surface area contributed by atoms with Crippen LogP contribution in [0.1, 0.15) is 17.5 Å². The van der Waals surface area contributed by atoms with E-state index in [1.54, 1.807) is 14.2 Å². The highest BCUT2D eigenvalue weighted by Crippen LogP contribution is 2.62. The minimum atomic E-state index is -0.496. The van der Waals surface area contributed by atoms with E-state index < -0.39 is 6.10 Å². The van der Waals surface area contributed by atoms with Gasteiger partial charge >= 0.3 is 0 Å². The van der Waals surface area contributed by atoms with Crippen LogP contribution in [0.25, 0.3) is 0 Å². The van der Waals surface area contributed by atoms with E-state index >= 15 is 0 Å². The van der Waals surface area contributed by atoms with E-state index in [1.807, 2.05) is 6.07 Å². The molecule has 2 bridgehead atoms. The number of methoxy groups -OCH3 is 2. The van der Waals surface area contributed by atoms with Crippen LogP contribution in [0.3, 0.4) is 0 Å². The predicted molar refractivity (Wildman–Crippen MR) is 87.4 cm³/mol. The Kier molecular flexibility index (Phi) is 2.71. The number of carbonyl (C=O) groups excluding carboxylic acids is 1. The first-order chi connectivity index (χ1) is 11.6. The summed E-state index contributed by atoms with van der Waals surface area (Å²) in [6.07, 6.45) is 3.44. The zero-order valence-corrected chi connectivity index (χ0v) is 14.2. The molecule has 0 N–H and O–H groups in total. The van der Waals surface area contributed by atoms with Gasteiger partial charge in [-0.3, -0.25) is 4.79 Å². The topological polar surface area (TPSA) is 48.0 Å². The van der Waals surface area contributed by atoms with Crippen molar-refractivity contribution in [3.8, 4) is 11.5 Å². The molecule has 2 aliphatic carbocycles. The summed E-state index contributed by atoms with van der Waals surface area (Å²) >= 11 is 0.